The van der Waals surface area contributed by atoms with E-state index < -0.39 is 0 Å². The minimum atomic E-state index is -0.144. The molecule has 4 rings (SSSR count). The minimum absolute atomic E-state index is 0.144. The highest BCUT2D eigenvalue weighted by molar-refractivity contribution is 6.06. The number of anilines is 1. The minimum Gasteiger partial charge on any atom is -0.358 e. The molecule has 6 heteroatoms. The van der Waals surface area contributed by atoms with Crippen LogP contribution in [0.1, 0.15) is 33.9 Å². The molecule has 1 aliphatic carbocycles. The molecule has 0 saturated heterocycles. The van der Waals surface area contributed by atoms with Crippen LogP contribution < -0.4 is 5.32 Å². The summed E-state index contributed by atoms with van der Waals surface area (Å²) in [6.07, 6.45) is 6.47. The average molecular weight is 349 g/mol. The van der Waals surface area contributed by atoms with Crippen molar-refractivity contribution < 1.29 is 4.79 Å². The van der Waals surface area contributed by atoms with Crippen LogP contribution in [0.4, 0.5) is 5.69 Å². The van der Waals surface area contributed by atoms with Gasteiger partial charge in [0.05, 0.1) is 18.1 Å². The first-order valence-electron chi connectivity index (χ1n) is 8.91. The van der Waals surface area contributed by atoms with Gasteiger partial charge in [0.25, 0.3) is 5.91 Å². The molecule has 0 radical (unpaired) electrons. The Morgan fingerprint density at radius 3 is 2.77 bits per heavy atom. The number of fused-ring (bicyclic) bond motifs is 3. The standard InChI is InChI=1S/C20H23N5O/c1-12-21-10-14(11-22-12)23-20(26)13-4-6-18-16(8-13)17-9-15(25(2)3)5-7-19(17)24-18/h4,6,8,10-11,15,24H,5,7,9H2,1-3H3,(H,23,26). The lowest BCUT2D eigenvalue weighted by atomic mass is 9.90. The molecule has 0 aliphatic heterocycles. The monoisotopic (exact) mass is 349 g/mol. The Bertz CT molecular complexity index is 958. The van der Waals surface area contributed by atoms with Gasteiger partial charge in [0, 0.05) is 28.2 Å². The van der Waals surface area contributed by atoms with Gasteiger partial charge in [-0.2, -0.15) is 0 Å². The summed E-state index contributed by atoms with van der Waals surface area (Å²) in [6, 6.07) is 6.40. The Labute approximate surface area is 152 Å². The number of hydrogen-bond acceptors (Lipinski definition) is 4. The number of aromatic amines is 1. The van der Waals surface area contributed by atoms with Gasteiger partial charge in [-0.1, -0.05) is 0 Å². The summed E-state index contributed by atoms with van der Waals surface area (Å²) in [5.74, 6) is 0.535. The van der Waals surface area contributed by atoms with Gasteiger partial charge < -0.3 is 15.2 Å². The maximum atomic E-state index is 12.6. The summed E-state index contributed by atoms with van der Waals surface area (Å²) in [4.78, 5) is 26.7. The Kier molecular flexibility index (Phi) is 4.20. The lowest BCUT2D eigenvalue weighted by Crippen LogP contribution is -2.33. The molecule has 1 amide bonds. The Balaban J connectivity index is 1.64. The van der Waals surface area contributed by atoms with Crippen molar-refractivity contribution in [2.24, 2.45) is 0 Å². The zero-order valence-electron chi connectivity index (χ0n) is 15.3. The van der Waals surface area contributed by atoms with Crippen molar-refractivity contribution in [1.29, 1.82) is 0 Å². The first kappa shape index (κ1) is 16.7. The van der Waals surface area contributed by atoms with Crippen LogP contribution in [-0.2, 0) is 12.8 Å². The number of nitrogens with zero attached hydrogens (tertiary/aromatic N) is 3. The molecule has 3 aromatic rings. The number of nitrogens with one attached hydrogen (secondary N) is 2. The van der Waals surface area contributed by atoms with E-state index in [-0.39, 0.29) is 5.91 Å². The Morgan fingerprint density at radius 2 is 2.04 bits per heavy atom. The smallest absolute Gasteiger partial charge is 0.255 e. The van der Waals surface area contributed by atoms with Crippen LogP contribution in [0.2, 0.25) is 0 Å². The molecule has 1 aromatic carbocycles. The quantitative estimate of drug-likeness (QED) is 0.762. The molecule has 0 saturated carbocycles. The Hall–Kier alpha value is -2.73. The van der Waals surface area contributed by atoms with E-state index in [9.17, 15) is 4.79 Å². The highest BCUT2D eigenvalue weighted by atomic mass is 16.1. The van der Waals surface area contributed by atoms with Gasteiger partial charge in [0.1, 0.15) is 5.82 Å². The second-order valence-electron chi connectivity index (χ2n) is 7.18. The molecular formula is C20H23N5O. The molecule has 6 nitrogen and oxygen atoms in total. The normalized spacial score (nSPS) is 16.7. The maximum absolute atomic E-state index is 12.6. The van der Waals surface area contributed by atoms with Crippen molar-refractivity contribution in [1.82, 2.24) is 19.9 Å². The van der Waals surface area contributed by atoms with Crippen LogP contribution in [0.15, 0.2) is 30.6 Å². The molecule has 2 heterocycles. The van der Waals surface area contributed by atoms with E-state index in [1.54, 1.807) is 12.4 Å². The number of hydrogen-bond donors (Lipinski definition) is 2. The third-order valence-electron chi connectivity index (χ3n) is 5.19. The van der Waals surface area contributed by atoms with Gasteiger partial charge in [-0.05, 0) is 64.0 Å². The molecule has 1 atom stereocenters. The van der Waals surface area contributed by atoms with Crippen LogP contribution in [0.25, 0.3) is 10.9 Å². The number of carbonyl (C=O) groups is 1. The van der Waals surface area contributed by atoms with E-state index in [2.05, 4.69) is 39.3 Å². The highest BCUT2D eigenvalue weighted by Crippen LogP contribution is 2.31. The predicted octanol–water partition coefficient (Wildman–Crippen LogP) is 2.94. The van der Waals surface area contributed by atoms with Gasteiger partial charge in [-0.25, -0.2) is 9.97 Å². The molecule has 0 fully saturated rings. The predicted molar refractivity (Wildman–Crippen MR) is 103 cm³/mol. The van der Waals surface area contributed by atoms with E-state index >= 15 is 0 Å². The number of likely N-dealkylation sites (N-methyl/N-ethyl adjacent to an activating group) is 1. The summed E-state index contributed by atoms with van der Waals surface area (Å²) in [5, 5.41) is 4.02. The fourth-order valence-electron chi connectivity index (χ4n) is 3.64. The fourth-order valence-corrected chi connectivity index (χ4v) is 3.64. The third-order valence-corrected chi connectivity index (χ3v) is 5.19. The number of aryl methyl sites for hydroxylation is 2. The largest absolute Gasteiger partial charge is 0.358 e. The van der Waals surface area contributed by atoms with Crippen molar-refractivity contribution in [3.63, 3.8) is 0 Å². The molecule has 2 aromatic heterocycles. The number of carbonyl (C=O) groups excluding carboxylic acids is 1. The average Bonchev–Trinajstić information content (AvgIpc) is 3.00. The van der Waals surface area contributed by atoms with Crippen molar-refractivity contribution in [3.8, 4) is 0 Å². The first-order chi connectivity index (χ1) is 12.5. The molecule has 0 bridgehead atoms. The van der Waals surface area contributed by atoms with E-state index in [0.717, 1.165) is 30.2 Å². The Morgan fingerprint density at radius 1 is 1.27 bits per heavy atom. The van der Waals surface area contributed by atoms with Crippen LogP contribution in [0.3, 0.4) is 0 Å². The summed E-state index contributed by atoms with van der Waals surface area (Å²) in [7, 11) is 4.26. The maximum Gasteiger partial charge on any atom is 0.255 e. The van der Waals surface area contributed by atoms with Crippen LogP contribution in [0, 0.1) is 6.92 Å². The van der Waals surface area contributed by atoms with Gasteiger partial charge in [0.2, 0.25) is 0 Å². The highest BCUT2D eigenvalue weighted by Gasteiger charge is 2.24. The van der Waals surface area contributed by atoms with Crippen molar-refractivity contribution in [3.05, 3.63) is 53.2 Å². The van der Waals surface area contributed by atoms with Gasteiger partial charge in [-0.15, -0.1) is 0 Å². The summed E-state index contributed by atoms with van der Waals surface area (Å²) in [5.41, 5.74) is 5.00. The summed E-state index contributed by atoms with van der Waals surface area (Å²) >= 11 is 0. The van der Waals surface area contributed by atoms with Crippen LogP contribution in [-0.4, -0.2) is 45.9 Å². The third kappa shape index (κ3) is 3.08. The zero-order chi connectivity index (χ0) is 18.3. The number of amides is 1. The molecule has 0 spiro atoms. The van der Waals surface area contributed by atoms with Crippen molar-refractivity contribution in [2.75, 3.05) is 19.4 Å². The van der Waals surface area contributed by atoms with E-state index in [1.165, 1.54) is 11.3 Å². The number of aromatic nitrogens is 3. The molecule has 1 unspecified atom stereocenters. The van der Waals surface area contributed by atoms with E-state index in [4.69, 9.17) is 0 Å². The number of H-pyrrole nitrogens is 1. The van der Waals surface area contributed by atoms with Gasteiger partial charge in [-0.3, -0.25) is 4.79 Å². The topological polar surface area (TPSA) is 73.9 Å². The lowest BCUT2D eigenvalue weighted by Gasteiger charge is -2.28. The first-order valence-corrected chi connectivity index (χ1v) is 8.91. The molecule has 26 heavy (non-hydrogen) atoms. The van der Waals surface area contributed by atoms with Crippen molar-refractivity contribution in [2.45, 2.75) is 32.2 Å². The van der Waals surface area contributed by atoms with Crippen LogP contribution >= 0.6 is 0 Å². The van der Waals surface area contributed by atoms with Gasteiger partial charge >= 0.3 is 0 Å². The number of rotatable bonds is 3. The van der Waals surface area contributed by atoms with Crippen LogP contribution in [0.5, 0.6) is 0 Å². The second kappa shape index (κ2) is 6.53. The molecule has 2 N–H and O–H groups in total. The summed E-state index contributed by atoms with van der Waals surface area (Å²) < 4.78 is 0. The van der Waals surface area contributed by atoms with E-state index in [1.807, 2.05) is 25.1 Å². The van der Waals surface area contributed by atoms with E-state index in [0.29, 0.717) is 23.1 Å². The molecule has 1 aliphatic rings. The van der Waals surface area contributed by atoms with Gasteiger partial charge in [0.15, 0.2) is 0 Å². The van der Waals surface area contributed by atoms with Crippen molar-refractivity contribution >= 4 is 22.5 Å². The SMILES string of the molecule is Cc1ncc(NC(=O)c2ccc3[nH]c4c(c3c2)CC(N(C)C)CC4)cn1. The molecular weight excluding hydrogens is 326 g/mol. The molecule has 134 valence electrons. The fraction of sp³-hybridized carbons (Fsp3) is 0.350. The zero-order valence-corrected chi connectivity index (χ0v) is 15.3. The number of benzene rings is 1. The summed E-state index contributed by atoms with van der Waals surface area (Å²) in [6.45, 7) is 1.82. The lowest BCUT2D eigenvalue weighted by molar-refractivity contribution is 0.102. The second-order valence-corrected chi connectivity index (χ2v) is 7.18.